The average Bonchev–Trinajstić information content (AvgIpc) is 2.89. The van der Waals surface area contributed by atoms with Gasteiger partial charge in [0.1, 0.15) is 9.77 Å². The van der Waals surface area contributed by atoms with Crippen LogP contribution >= 0.6 is 11.3 Å². The maximum atomic E-state index is 12.4. The minimum absolute atomic E-state index is 0.133. The fourth-order valence-corrected chi connectivity index (χ4v) is 4.89. The van der Waals surface area contributed by atoms with E-state index in [-0.39, 0.29) is 15.7 Å². The lowest BCUT2D eigenvalue weighted by atomic mass is 10.2. The van der Waals surface area contributed by atoms with Crippen molar-refractivity contribution >= 4 is 27.3 Å². The van der Waals surface area contributed by atoms with Gasteiger partial charge in [-0.15, -0.1) is 11.3 Å². The van der Waals surface area contributed by atoms with Crippen LogP contribution in [0.1, 0.15) is 28.9 Å². The molecule has 0 spiro atoms. The van der Waals surface area contributed by atoms with E-state index in [0.29, 0.717) is 13.1 Å². The Hall–Kier alpha value is -0.920. The first-order chi connectivity index (χ1) is 8.57. The Balaban J connectivity index is 2.35. The summed E-state index contributed by atoms with van der Waals surface area (Å²) in [5.41, 5.74) is 0. The molecular weight excluding hydrogens is 272 g/mol. The van der Waals surface area contributed by atoms with Crippen molar-refractivity contribution in [3.63, 3.8) is 0 Å². The van der Waals surface area contributed by atoms with Crippen LogP contribution in [-0.4, -0.2) is 38.8 Å². The van der Waals surface area contributed by atoms with Gasteiger partial charge >= 0.3 is 0 Å². The fourth-order valence-electron chi connectivity index (χ4n) is 2.02. The molecule has 0 aromatic carbocycles. The molecule has 0 saturated carbocycles. The van der Waals surface area contributed by atoms with Gasteiger partial charge in [0.05, 0.1) is 0 Å². The van der Waals surface area contributed by atoms with Gasteiger partial charge in [-0.2, -0.15) is 4.31 Å². The van der Waals surface area contributed by atoms with Crippen molar-refractivity contribution in [3.8, 4) is 0 Å². The van der Waals surface area contributed by atoms with Gasteiger partial charge in [0.25, 0.3) is 5.91 Å². The number of sulfonamides is 1. The predicted molar refractivity (Wildman–Crippen MR) is 70.3 cm³/mol. The summed E-state index contributed by atoms with van der Waals surface area (Å²) in [6, 6.07) is 1.51. The molecule has 1 aromatic heterocycles. The maximum absolute atomic E-state index is 12.4. The average molecular weight is 288 g/mol. The summed E-state index contributed by atoms with van der Waals surface area (Å²) in [7, 11) is -2.02. The van der Waals surface area contributed by atoms with Crippen molar-refractivity contribution in [2.24, 2.45) is 0 Å². The number of hydrogen-bond acceptors (Lipinski definition) is 4. The zero-order chi connectivity index (χ0) is 13.2. The molecule has 5 nitrogen and oxygen atoms in total. The largest absolute Gasteiger partial charge is 0.354 e. The quantitative estimate of drug-likeness (QED) is 0.911. The van der Waals surface area contributed by atoms with E-state index in [1.54, 1.807) is 5.38 Å². The molecule has 2 heterocycles. The number of amides is 1. The normalized spacial score (nSPS) is 17.6. The maximum Gasteiger partial charge on any atom is 0.262 e. The van der Waals surface area contributed by atoms with Gasteiger partial charge in [0.2, 0.25) is 10.0 Å². The molecule has 18 heavy (non-hydrogen) atoms. The molecule has 0 radical (unpaired) electrons. The number of carbonyl (C=O) groups is 1. The van der Waals surface area contributed by atoms with Crippen molar-refractivity contribution in [3.05, 3.63) is 16.3 Å². The van der Waals surface area contributed by atoms with E-state index in [1.807, 2.05) is 0 Å². The number of nitrogens with zero attached hydrogens (tertiary/aromatic N) is 1. The number of nitrogens with one attached hydrogen (secondary N) is 1. The van der Waals surface area contributed by atoms with E-state index in [2.05, 4.69) is 5.32 Å². The van der Waals surface area contributed by atoms with Crippen molar-refractivity contribution in [1.29, 1.82) is 0 Å². The summed E-state index contributed by atoms with van der Waals surface area (Å²) >= 11 is 1.16. The van der Waals surface area contributed by atoms with E-state index in [1.165, 1.54) is 17.4 Å². The van der Waals surface area contributed by atoms with Crippen LogP contribution in [0.3, 0.4) is 0 Å². The molecular formula is C11H16N2O3S2. The van der Waals surface area contributed by atoms with Crippen LogP contribution in [0.15, 0.2) is 16.3 Å². The Labute approximate surface area is 111 Å². The second-order valence-corrected chi connectivity index (χ2v) is 6.98. The standard InChI is InChI=1S/C11H16N2O3S2/c1-12-11(14)10-9(5-8-17-10)18(15,16)13-6-3-2-4-7-13/h5,8H,2-4,6-7H2,1H3,(H,12,14). The molecule has 0 atom stereocenters. The first kappa shape index (κ1) is 13.5. The van der Waals surface area contributed by atoms with E-state index in [4.69, 9.17) is 0 Å². The molecule has 1 saturated heterocycles. The van der Waals surface area contributed by atoms with Gasteiger partial charge in [0, 0.05) is 20.1 Å². The topological polar surface area (TPSA) is 66.5 Å². The Kier molecular flexibility index (Phi) is 4.04. The predicted octanol–water partition coefficient (Wildman–Crippen LogP) is 1.28. The lowest BCUT2D eigenvalue weighted by Crippen LogP contribution is -2.36. The molecule has 0 bridgehead atoms. The molecule has 0 aliphatic carbocycles. The number of carbonyl (C=O) groups excluding carboxylic acids is 1. The molecule has 1 aliphatic heterocycles. The summed E-state index contributed by atoms with van der Waals surface area (Å²) in [6.45, 7) is 1.09. The molecule has 1 amide bonds. The summed E-state index contributed by atoms with van der Waals surface area (Å²) in [6.07, 6.45) is 2.84. The highest BCUT2D eigenvalue weighted by Gasteiger charge is 2.30. The summed E-state index contributed by atoms with van der Waals surface area (Å²) in [4.78, 5) is 12.0. The van der Waals surface area contributed by atoms with E-state index in [0.717, 1.165) is 30.6 Å². The smallest absolute Gasteiger partial charge is 0.262 e. The number of piperidine rings is 1. The van der Waals surface area contributed by atoms with E-state index >= 15 is 0 Å². The van der Waals surface area contributed by atoms with Crippen LogP contribution in [0.2, 0.25) is 0 Å². The van der Waals surface area contributed by atoms with Crippen molar-refractivity contribution in [1.82, 2.24) is 9.62 Å². The second kappa shape index (κ2) is 5.38. The summed E-state index contributed by atoms with van der Waals surface area (Å²) in [5.74, 6) is -0.347. The molecule has 1 fully saturated rings. The first-order valence-corrected chi connectivity index (χ1v) is 8.19. The third kappa shape index (κ3) is 2.43. The third-order valence-electron chi connectivity index (χ3n) is 3.00. The van der Waals surface area contributed by atoms with Crippen LogP contribution in [0.5, 0.6) is 0 Å². The monoisotopic (exact) mass is 288 g/mol. The van der Waals surface area contributed by atoms with E-state index < -0.39 is 10.0 Å². The molecule has 1 N–H and O–H groups in total. The fraction of sp³-hybridized carbons (Fsp3) is 0.545. The van der Waals surface area contributed by atoms with Crippen molar-refractivity contribution in [2.75, 3.05) is 20.1 Å². The zero-order valence-corrected chi connectivity index (χ0v) is 11.8. The number of thiophene rings is 1. The SMILES string of the molecule is CNC(=O)c1sccc1S(=O)(=O)N1CCCCC1. The lowest BCUT2D eigenvalue weighted by Gasteiger charge is -2.25. The van der Waals surface area contributed by atoms with Crippen LogP contribution in [0.4, 0.5) is 0 Å². The molecule has 0 unspecified atom stereocenters. The number of rotatable bonds is 3. The second-order valence-electron chi connectivity index (χ2n) is 4.16. The zero-order valence-electron chi connectivity index (χ0n) is 10.2. The highest BCUT2D eigenvalue weighted by atomic mass is 32.2. The van der Waals surface area contributed by atoms with Crippen molar-refractivity contribution < 1.29 is 13.2 Å². The highest BCUT2D eigenvalue weighted by molar-refractivity contribution is 7.89. The minimum atomic E-state index is -3.52. The molecule has 2 rings (SSSR count). The Morgan fingerprint density at radius 2 is 2.00 bits per heavy atom. The number of hydrogen-bond donors (Lipinski definition) is 1. The molecule has 1 aromatic rings. The third-order valence-corrected chi connectivity index (χ3v) is 5.98. The van der Waals surface area contributed by atoms with Crippen LogP contribution in [0, 0.1) is 0 Å². The van der Waals surface area contributed by atoms with Gasteiger partial charge in [-0.05, 0) is 24.3 Å². The van der Waals surface area contributed by atoms with Crippen LogP contribution in [0.25, 0.3) is 0 Å². The van der Waals surface area contributed by atoms with Gasteiger partial charge in [-0.3, -0.25) is 4.79 Å². The van der Waals surface area contributed by atoms with Crippen LogP contribution < -0.4 is 5.32 Å². The lowest BCUT2D eigenvalue weighted by molar-refractivity contribution is 0.0964. The summed E-state index contributed by atoms with van der Waals surface area (Å²) in [5, 5.41) is 4.11. The van der Waals surface area contributed by atoms with Gasteiger partial charge in [-0.25, -0.2) is 8.42 Å². The first-order valence-electron chi connectivity index (χ1n) is 5.87. The van der Waals surface area contributed by atoms with Gasteiger partial charge in [-0.1, -0.05) is 6.42 Å². The molecule has 100 valence electrons. The Bertz CT molecular complexity index is 530. The van der Waals surface area contributed by atoms with E-state index in [9.17, 15) is 13.2 Å². The van der Waals surface area contributed by atoms with Gasteiger partial charge < -0.3 is 5.32 Å². The highest BCUT2D eigenvalue weighted by Crippen LogP contribution is 2.27. The summed E-state index contributed by atoms with van der Waals surface area (Å²) < 4.78 is 26.4. The van der Waals surface area contributed by atoms with Crippen LogP contribution in [-0.2, 0) is 10.0 Å². The van der Waals surface area contributed by atoms with Gasteiger partial charge in [0.15, 0.2) is 0 Å². The van der Waals surface area contributed by atoms with Crippen molar-refractivity contribution in [2.45, 2.75) is 24.2 Å². The molecule has 7 heteroatoms. The Morgan fingerprint density at radius 1 is 1.33 bits per heavy atom. The minimum Gasteiger partial charge on any atom is -0.354 e. The Morgan fingerprint density at radius 3 is 2.61 bits per heavy atom. The molecule has 1 aliphatic rings.